The zero-order valence-electron chi connectivity index (χ0n) is 9.64. The first-order valence-corrected chi connectivity index (χ1v) is 5.25. The molecule has 18 heavy (non-hydrogen) atoms. The molecule has 0 aliphatic rings. The summed E-state index contributed by atoms with van der Waals surface area (Å²) in [6, 6.07) is 5.94. The summed E-state index contributed by atoms with van der Waals surface area (Å²) in [5.41, 5.74) is 6.97. The van der Waals surface area contributed by atoms with E-state index in [1.54, 1.807) is 19.1 Å². The van der Waals surface area contributed by atoms with Crippen LogP contribution in [0.3, 0.4) is 0 Å². The second-order valence-electron chi connectivity index (χ2n) is 3.89. The first-order valence-electron chi connectivity index (χ1n) is 5.25. The van der Waals surface area contributed by atoms with Crippen LogP contribution in [0.1, 0.15) is 15.9 Å². The number of nitrogen functional groups attached to an aromatic ring is 1. The number of aromatic carboxylic acids is 1. The van der Waals surface area contributed by atoms with Crippen molar-refractivity contribution >= 4 is 11.8 Å². The summed E-state index contributed by atoms with van der Waals surface area (Å²) < 4.78 is 13.2. The van der Waals surface area contributed by atoms with Gasteiger partial charge in [-0.15, -0.1) is 0 Å². The van der Waals surface area contributed by atoms with Crippen LogP contribution in [-0.4, -0.2) is 16.1 Å². The molecule has 0 saturated heterocycles. The van der Waals surface area contributed by atoms with E-state index in [-0.39, 0.29) is 17.2 Å². The monoisotopic (exact) mass is 246 g/mol. The molecule has 1 aromatic heterocycles. The molecule has 2 rings (SSSR count). The molecule has 0 radical (unpaired) electrons. The van der Waals surface area contributed by atoms with Crippen LogP contribution in [0.25, 0.3) is 11.1 Å². The number of hydrogen-bond acceptors (Lipinski definition) is 3. The van der Waals surface area contributed by atoms with Crippen LogP contribution >= 0.6 is 0 Å². The third-order valence-electron chi connectivity index (χ3n) is 2.66. The lowest BCUT2D eigenvalue weighted by Crippen LogP contribution is -2.06. The molecule has 1 aromatic carbocycles. The summed E-state index contributed by atoms with van der Waals surface area (Å²) in [6.07, 6.45) is 1.43. The standard InChI is InChI=1S/C13H11FN2O2/c1-7-6-8(2-3-10(7)14)9-4-5-16-12(15)11(9)13(17)18/h2-6H,1H3,(H2,15,16)(H,17,18). The predicted molar refractivity (Wildman–Crippen MR) is 65.7 cm³/mol. The number of benzene rings is 1. The Hall–Kier alpha value is -2.43. The highest BCUT2D eigenvalue weighted by atomic mass is 19.1. The number of nitrogens with two attached hydrogens (primary N) is 1. The van der Waals surface area contributed by atoms with Crippen molar-refractivity contribution in [3.05, 3.63) is 47.4 Å². The Morgan fingerprint density at radius 2 is 2.11 bits per heavy atom. The van der Waals surface area contributed by atoms with Crippen LogP contribution in [-0.2, 0) is 0 Å². The van der Waals surface area contributed by atoms with Crippen molar-refractivity contribution in [1.82, 2.24) is 4.98 Å². The predicted octanol–water partition coefficient (Wildman–Crippen LogP) is 2.48. The molecule has 92 valence electrons. The number of carboxylic acid groups (broad SMARTS) is 1. The molecule has 0 amide bonds. The van der Waals surface area contributed by atoms with Gasteiger partial charge in [-0.2, -0.15) is 0 Å². The zero-order valence-corrected chi connectivity index (χ0v) is 9.64. The van der Waals surface area contributed by atoms with Gasteiger partial charge in [0.2, 0.25) is 0 Å². The Morgan fingerprint density at radius 1 is 1.39 bits per heavy atom. The van der Waals surface area contributed by atoms with Crippen LogP contribution in [0.2, 0.25) is 0 Å². The van der Waals surface area contributed by atoms with Gasteiger partial charge in [0.15, 0.2) is 0 Å². The lowest BCUT2D eigenvalue weighted by molar-refractivity contribution is 0.0698. The molecule has 0 saturated carbocycles. The maximum absolute atomic E-state index is 13.2. The minimum absolute atomic E-state index is 0.0537. The fourth-order valence-corrected chi connectivity index (χ4v) is 1.76. The Bertz CT molecular complexity index is 626. The van der Waals surface area contributed by atoms with Gasteiger partial charge in [0.1, 0.15) is 17.2 Å². The number of hydrogen-bond donors (Lipinski definition) is 2. The minimum atomic E-state index is -1.16. The molecule has 0 unspecified atom stereocenters. The second-order valence-corrected chi connectivity index (χ2v) is 3.89. The van der Waals surface area contributed by atoms with Crippen molar-refractivity contribution in [2.45, 2.75) is 6.92 Å². The average Bonchev–Trinajstić information content (AvgIpc) is 2.32. The lowest BCUT2D eigenvalue weighted by atomic mass is 9.99. The summed E-state index contributed by atoms with van der Waals surface area (Å²) in [4.78, 5) is 14.9. The van der Waals surface area contributed by atoms with Gasteiger partial charge in [0, 0.05) is 11.8 Å². The van der Waals surface area contributed by atoms with Crippen LogP contribution < -0.4 is 5.73 Å². The zero-order chi connectivity index (χ0) is 13.3. The molecule has 4 nitrogen and oxygen atoms in total. The normalized spacial score (nSPS) is 10.3. The third-order valence-corrected chi connectivity index (χ3v) is 2.66. The molecule has 1 heterocycles. The number of aromatic nitrogens is 1. The summed E-state index contributed by atoms with van der Waals surface area (Å²) in [6.45, 7) is 1.61. The van der Waals surface area contributed by atoms with E-state index in [1.165, 1.54) is 18.3 Å². The number of carboxylic acids is 1. The average molecular weight is 246 g/mol. The lowest BCUT2D eigenvalue weighted by Gasteiger charge is -2.09. The number of pyridine rings is 1. The maximum Gasteiger partial charge on any atom is 0.340 e. The first kappa shape index (κ1) is 12.0. The molecular formula is C13H11FN2O2. The quantitative estimate of drug-likeness (QED) is 0.853. The Morgan fingerprint density at radius 3 is 2.72 bits per heavy atom. The van der Waals surface area contributed by atoms with E-state index in [0.29, 0.717) is 16.7 Å². The Kier molecular flexibility index (Phi) is 2.97. The van der Waals surface area contributed by atoms with Gasteiger partial charge < -0.3 is 10.8 Å². The van der Waals surface area contributed by atoms with Crippen LogP contribution in [0, 0.1) is 12.7 Å². The Balaban J connectivity index is 2.67. The van der Waals surface area contributed by atoms with Crippen LogP contribution in [0.5, 0.6) is 0 Å². The van der Waals surface area contributed by atoms with Gasteiger partial charge in [0.05, 0.1) is 0 Å². The van der Waals surface area contributed by atoms with Crippen LogP contribution in [0.15, 0.2) is 30.5 Å². The largest absolute Gasteiger partial charge is 0.478 e. The highest BCUT2D eigenvalue weighted by Crippen LogP contribution is 2.27. The third kappa shape index (κ3) is 2.02. The number of nitrogens with zero attached hydrogens (tertiary/aromatic N) is 1. The summed E-state index contributed by atoms with van der Waals surface area (Å²) in [5.74, 6) is -1.54. The van der Waals surface area contributed by atoms with Gasteiger partial charge in [-0.25, -0.2) is 14.2 Å². The van der Waals surface area contributed by atoms with E-state index in [2.05, 4.69) is 4.98 Å². The summed E-state index contributed by atoms with van der Waals surface area (Å²) in [5, 5.41) is 9.14. The van der Waals surface area contributed by atoms with Crippen molar-refractivity contribution in [3.63, 3.8) is 0 Å². The summed E-state index contributed by atoms with van der Waals surface area (Å²) >= 11 is 0. The first-order chi connectivity index (χ1) is 8.50. The van der Waals surface area contributed by atoms with E-state index < -0.39 is 5.97 Å². The van der Waals surface area contributed by atoms with Crippen molar-refractivity contribution in [3.8, 4) is 11.1 Å². The van der Waals surface area contributed by atoms with Gasteiger partial charge in [-0.3, -0.25) is 0 Å². The van der Waals surface area contributed by atoms with Gasteiger partial charge in [0.25, 0.3) is 0 Å². The van der Waals surface area contributed by atoms with E-state index in [0.717, 1.165) is 0 Å². The maximum atomic E-state index is 13.2. The topological polar surface area (TPSA) is 76.2 Å². The van der Waals surface area contributed by atoms with E-state index in [9.17, 15) is 9.18 Å². The molecule has 5 heteroatoms. The second kappa shape index (κ2) is 4.44. The molecule has 3 N–H and O–H groups in total. The number of anilines is 1. The molecular weight excluding hydrogens is 235 g/mol. The molecule has 0 fully saturated rings. The fraction of sp³-hybridized carbons (Fsp3) is 0.0769. The van der Waals surface area contributed by atoms with Crippen molar-refractivity contribution in [2.24, 2.45) is 0 Å². The highest BCUT2D eigenvalue weighted by Gasteiger charge is 2.16. The van der Waals surface area contributed by atoms with Crippen molar-refractivity contribution in [2.75, 3.05) is 5.73 Å². The molecule has 0 aliphatic heterocycles. The minimum Gasteiger partial charge on any atom is -0.478 e. The molecule has 0 spiro atoms. The molecule has 0 aliphatic carbocycles. The Labute approximate surface area is 103 Å². The summed E-state index contributed by atoms with van der Waals surface area (Å²) in [7, 11) is 0. The highest BCUT2D eigenvalue weighted by molar-refractivity contribution is 6.00. The van der Waals surface area contributed by atoms with E-state index in [4.69, 9.17) is 10.8 Å². The smallest absolute Gasteiger partial charge is 0.340 e. The number of halogens is 1. The van der Waals surface area contributed by atoms with E-state index in [1.807, 2.05) is 0 Å². The van der Waals surface area contributed by atoms with Crippen LogP contribution in [0.4, 0.5) is 10.2 Å². The van der Waals surface area contributed by atoms with Gasteiger partial charge >= 0.3 is 5.97 Å². The van der Waals surface area contributed by atoms with Crippen molar-refractivity contribution in [1.29, 1.82) is 0 Å². The van der Waals surface area contributed by atoms with Gasteiger partial charge in [-0.1, -0.05) is 6.07 Å². The SMILES string of the molecule is Cc1cc(-c2ccnc(N)c2C(=O)O)ccc1F. The fourth-order valence-electron chi connectivity index (χ4n) is 1.76. The number of rotatable bonds is 2. The molecule has 2 aromatic rings. The van der Waals surface area contributed by atoms with Gasteiger partial charge in [-0.05, 0) is 36.2 Å². The number of aryl methyl sites for hydroxylation is 1. The van der Waals surface area contributed by atoms with E-state index >= 15 is 0 Å². The molecule has 0 atom stereocenters. The molecule has 0 bridgehead atoms. The number of carbonyl (C=O) groups is 1. The van der Waals surface area contributed by atoms with Crippen molar-refractivity contribution < 1.29 is 14.3 Å².